The molecule has 0 aliphatic heterocycles. The molecule has 1 amide bonds. The van der Waals surface area contributed by atoms with Crippen LogP contribution in [0.1, 0.15) is 30.1 Å². The Bertz CT molecular complexity index is 816. The molecule has 0 aliphatic carbocycles. The highest BCUT2D eigenvalue weighted by molar-refractivity contribution is 5.80. The summed E-state index contributed by atoms with van der Waals surface area (Å²) in [5, 5.41) is 4.16. The second kappa shape index (κ2) is 7.30. The van der Waals surface area contributed by atoms with E-state index in [4.69, 9.17) is 0 Å². The smallest absolute Gasteiger partial charge is 0.247 e. The lowest BCUT2D eigenvalue weighted by Crippen LogP contribution is -2.36. The standard InChI is InChI=1S/C20H20FN3O/c1-15(24-14-6-13-22-24)20(25)23(2)19(16-7-4-3-5-8-16)17-9-11-18(21)12-10-17/h3-15,19H,1-2H3/t15-,19+/m0/s1. The molecule has 0 unspecified atom stereocenters. The van der Waals surface area contributed by atoms with Gasteiger partial charge >= 0.3 is 0 Å². The van der Waals surface area contributed by atoms with Crippen molar-refractivity contribution < 1.29 is 9.18 Å². The van der Waals surface area contributed by atoms with E-state index in [2.05, 4.69) is 5.10 Å². The van der Waals surface area contributed by atoms with E-state index in [9.17, 15) is 9.18 Å². The van der Waals surface area contributed by atoms with Gasteiger partial charge in [0.25, 0.3) is 0 Å². The Labute approximate surface area is 146 Å². The van der Waals surface area contributed by atoms with Gasteiger partial charge in [0.05, 0.1) is 6.04 Å². The average molecular weight is 337 g/mol. The number of benzene rings is 2. The maximum absolute atomic E-state index is 13.3. The van der Waals surface area contributed by atoms with Crippen LogP contribution in [0.3, 0.4) is 0 Å². The number of aromatic nitrogens is 2. The van der Waals surface area contributed by atoms with Crippen LogP contribution in [0.5, 0.6) is 0 Å². The Kier molecular flexibility index (Phi) is 4.93. The van der Waals surface area contributed by atoms with Crippen molar-refractivity contribution >= 4 is 5.91 Å². The van der Waals surface area contributed by atoms with Crippen LogP contribution < -0.4 is 0 Å². The van der Waals surface area contributed by atoms with Crippen molar-refractivity contribution in [1.82, 2.24) is 14.7 Å². The summed E-state index contributed by atoms with van der Waals surface area (Å²) < 4.78 is 15.0. The minimum Gasteiger partial charge on any atom is -0.333 e. The van der Waals surface area contributed by atoms with E-state index in [0.29, 0.717) is 0 Å². The van der Waals surface area contributed by atoms with Gasteiger partial charge in [-0.25, -0.2) is 4.39 Å². The van der Waals surface area contributed by atoms with Gasteiger partial charge in [0.15, 0.2) is 0 Å². The molecule has 4 nitrogen and oxygen atoms in total. The molecule has 0 saturated carbocycles. The number of likely N-dealkylation sites (N-methyl/N-ethyl adjacent to an activating group) is 1. The van der Waals surface area contributed by atoms with E-state index in [1.165, 1.54) is 12.1 Å². The minimum atomic E-state index is -0.424. The topological polar surface area (TPSA) is 38.1 Å². The first-order valence-corrected chi connectivity index (χ1v) is 8.14. The van der Waals surface area contributed by atoms with Gasteiger partial charge in [-0.05, 0) is 36.2 Å². The summed E-state index contributed by atoms with van der Waals surface area (Å²) in [6, 6.07) is 17.1. The number of nitrogens with zero attached hydrogens (tertiary/aromatic N) is 3. The third-order valence-electron chi connectivity index (χ3n) is 4.32. The fourth-order valence-electron chi connectivity index (χ4n) is 2.96. The fourth-order valence-corrected chi connectivity index (χ4v) is 2.96. The second-order valence-electron chi connectivity index (χ2n) is 5.98. The highest BCUT2D eigenvalue weighted by atomic mass is 19.1. The molecule has 0 fully saturated rings. The SMILES string of the molecule is C[C@@H](C(=O)N(C)[C@H](c1ccccc1)c1ccc(F)cc1)n1cccn1. The number of hydrogen-bond acceptors (Lipinski definition) is 2. The third kappa shape index (κ3) is 3.60. The molecular weight excluding hydrogens is 317 g/mol. The van der Waals surface area contributed by atoms with E-state index < -0.39 is 6.04 Å². The Hall–Kier alpha value is -2.95. The van der Waals surface area contributed by atoms with Gasteiger partial charge in [0.2, 0.25) is 5.91 Å². The van der Waals surface area contributed by atoms with Crippen LogP contribution in [0.4, 0.5) is 4.39 Å². The Morgan fingerprint density at radius 3 is 2.28 bits per heavy atom. The molecule has 1 heterocycles. The van der Waals surface area contributed by atoms with Crippen molar-refractivity contribution in [3.8, 4) is 0 Å². The van der Waals surface area contributed by atoms with Gasteiger partial charge < -0.3 is 4.90 Å². The summed E-state index contributed by atoms with van der Waals surface area (Å²) in [6.07, 6.45) is 3.42. The Morgan fingerprint density at radius 1 is 1.04 bits per heavy atom. The summed E-state index contributed by atoms with van der Waals surface area (Å²) in [6.45, 7) is 1.82. The van der Waals surface area contributed by atoms with Crippen molar-refractivity contribution in [2.45, 2.75) is 19.0 Å². The monoisotopic (exact) mass is 337 g/mol. The van der Waals surface area contributed by atoms with Crippen LogP contribution in [-0.2, 0) is 4.79 Å². The largest absolute Gasteiger partial charge is 0.333 e. The van der Waals surface area contributed by atoms with Gasteiger partial charge in [-0.15, -0.1) is 0 Å². The molecule has 3 aromatic rings. The van der Waals surface area contributed by atoms with Crippen LogP contribution in [0.15, 0.2) is 73.1 Å². The van der Waals surface area contributed by atoms with Gasteiger partial charge in [-0.3, -0.25) is 9.48 Å². The van der Waals surface area contributed by atoms with Crippen LogP contribution >= 0.6 is 0 Å². The van der Waals surface area contributed by atoms with Crippen LogP contribution in [0, 0.1) is 5.82 Å². The Balaban J connectivity index is 1.96. The first-order chi connectivity index (χ1) is 12.1. The van der Waals surface area contributed by atoms with E-state index in [0.717, 1.165) is 11.1 Å². The molecule has 25 heavy (non-hydrogen) atoms. The van der Waals surface area contributed by atoms with Crippen molar-refractivity contribution in [1.29, 1.82) is 0 Å². The second-order valence-corrected chi connectivity index (χ2v) is 5.98. The number of amides is 1. The first kappa shape index (κ1) is 16.9. The summed E-state index contributed by atoms with van der Waals surface area (Å²) in [5.74, 6) is -0.365. The van der Waals surface area contributed by atoms with E-state index in [1.807, 2.05) is 37.3 Å². The zero-order valence-corrected chi connectivity index (χ0v) is 14.2. The lowest BCUT2D eigenvalue weighted by atomic mass is 9.97. The van der Waals surface area contributed by atoms with Gasteiger partial charge in [-0.1, -0.05) is 42.5 Å². The Morgan fingerprint density at radius 2 is 1.68 bits per heavy atom. The highest BCUT2D eigenvalue weighted by Crippen LogP contribution is 2.29. The van der Waals surface area contributed by atoms with Gasteiger partial charge in [0.1, 0.15) is 11.9 Å². The molecule has 0 saturated heterocycles. The number of hydrogen-bond donors (Lipinski definition) is 0. The lowest BCUT2D eigenvalue weighted by molar-refractivity contribution is -0.134. The molecule has 0 radical (unpaired) electrons. The predicted molar refractivity (Wildman–Crippen MR) is 94.4 cm³/mol. The van der Waals surface area contributed by atoms with Crippen LogP contribution in [0.25, 0.3) is 0 Å². The molecule has 2 aromatic carbocycles. The number of carbonyl (C=O) groups is 1. The molecule has 128 valence electrons. The molecule has 1 aromatic heterocycles. The number of carbonyl (C=O) groups excluding carboxylic acids is 1. The molecular formula is C20H20FN3O. The normalized spacial score (nSPS) is 13.2. The summed E-state index contributed by atoms with van der Waals surface area (Å²) >= 11 is 0. The molecule has 3 rings (SSSR count). The first-order valence-electron chi connectivity index (χ1n) is 8.14. The quantitative estimate of drug-likeness (QED) is 0.710. The maximum Gasteiger partial charge on any atom is 0.247 e. The van der Waals surface area contributed by atoms with Crippen LogP contribution in [-0.4, -0.2) is 27.6 Å². The van der Waals surface area contributed by atoms with E-state index in [1.54, 1.807) is 47.2 Å². The van der Waals surface area contributed by atoms with Crippen molar-refractivity contribution in [3.05, 3.63) is 90.0 Å². The zero-order chi connectivity index (χ0) is 17.8. The predicted octanol–water partition coefficient (Wildman–Crippen LogP) is 3.83. The summed E-state index contributed by atoms with van der Waals surface area (Å²) in [5.41, 5.74) is 1.83. The highest BCUT2D eigenvalue weighted by Gasteiger charge is 2.27. The summed E-state index contributed by atoms with van der Waals surface area (Å²) in [4.78, 5) is 14.7. The minimum absolute atomic E-state index is 0.0677. The van der Waals surface area contributed by atoms with Crippen LogP contribution in [0.2, 0.25) is 0 Å². The third-order valence-corrected chi connectivity index (χ3v) is 4.32. The van der Waals surface area contributed by atoms with E-state index >= 15 is 0 Å². The summed E-state index contributed by atoms with van der Waals surface area (Å²) in [7, 11) is 1.77. The van der Waals surface area contributed by atoms with Crippen molar-refractivity contribution in [2.75, 3.05) is 7.05 Å². The maximum atomic E-state index is 13.3. The molecule has 2 atom stereocenters. The fraction of sp³-hybridized carbons (Fsp3) is 0.200. The number of rotatable bonds is 5. The van der Waals surface area contributed by atoms with Crippen molar-refractivity contribution in [2.24, 2.45) is 0 Å². The van der Waals surface area contributed by atoms with E-state index in [-0.39, 0.29) is 17.8 Å². The van der Waals surface area contributed by atoms with Crippen molar-refractivity contribution in [3.63, 3.8) is 0 Å². The molecule has 0 N–H and O–H groups in total. The molecule has 0 bridgehead atoms. The molecule has 0 aliphatic rings. The molecule has 0 spiro atoms. The lowest BCUT2D eigenvalue weighted by Gasteiger charge is -2.31. The van der Waals surface area contributed by atoms with Gasteiger partial charge in [0, 0.05) is 19.4 Å². The molecule has 5 heteroatoms. The zero-order valence-electron chi connectivity index (χ0n) is 14.2. The van der Waals surface area contributed by atoms with Gasteiger partial charge in [-0.2, -0.15) is 5.10 Å². The average Bonchev–Trinajstić information content (AvgIpc) is 3.18. The number of halogens is 1.